The van der Waals surface area contributed by atoms with Crippen molar-refractivity contribution in [2.24, 2.45) is 0 Å². The molecule has 0 aliphatic carbocycles. The van der Waals surface area contributed by atoms with Gasteiger partial charge in [0.2, 0.25) is 0 Å². The van der Waals surface area contributed by atoms with Gasteiger partial charge in [0.05, 0.1) is 11.1 Å². The van der Waals surface area contributed by atoms with E-state index in [4.69, 9.17) is 0 Å². The fourth-order valence-electron chi connectivity index (χ4n) is 2.98. The number of aliphatic hydroxyl groups excluding tert-OH is 1. The molecule has 2 amide bonds. The molecule has 8 heteroatoms. The van der Waals surface area contributed by atoms with E-state index in [9.17, 15) is 29.8 Å². The molecule has 2 aromatic rings. The molecule has 0 radical (unpaired) electrons. The van der Waals surface area contributed by atoms with E-state index in [0.717, 1.165) is 6.08 Å². The second-order valence-electron chi connectivity index (χ2n) is 6.27. The molecule has 8 nitrogen and oxygen atoms in total. The van der Waals surface area contributed by atoms with Gasteiger partial charge in [0.25, 0.3) is 23.4 Å². The predicted octanol–water partition coefficient (Wildman–Crippen LogP) is 2.08. The van der Waals surface area contributed by atoms with Crippen molar-refractivity contribution in [3.05, 3.63) is 82.9 Å². The Labute approximate surface area is 165 Å². The van der Waals surface area contributed by atoms with E-state index in [-0.39, 0.29) is 11.1 Å². The second kappa shape index (κ2) is 7.84. The van der Waals surface area contributed by atoms with E-state index in [2.05, 4.69) is 4.79 Å². The topological polar surface area (TPSA) is 128 Å². The third-order valence-corrected chi connectivity index (χ3v) is 4.50. The Morgan fingerprint density at radius 3 is 2.03 bits per heavy atom. The van der Waals surface area contributed by atoms with Crippen molar-refractivity contribution in [2.45, 2.75) is 13.0 Å². The Balaban J connectivity index is 1.85. The molecule has 0 spiro atoms. The summed E-state index contributed by atoms with van der Waals surface area (Å²) in [5.74, 6) is -3.90. The van der Waals surface area contributed by atoms with Gasteiger partial charge in [0, 0.05) is 11.6 Å². The summed E-state index contributed by atoms with van der Waals surface area (Å²) in [5.41, 5.74) is 8.90. The molecule has 0 saturated carbocycles. The van der Waals surface area contributed by atoms with Gasteiger partial charge in [-0.25, -0.2) is 0 Å². The molecule has 1 heterocycles. The van der Waals surface area contributed by atoms with Crippen molar-refractivity contribution in [1.29, 1.82) is 0 Å². The van der Waals surface area contributed by atoms with Crippen LogP contribution in [0.15, 0.2) is 60.7 Å². The number of hydrogen-bond acceptors (Lipinski definition) is 5. The van der Waals surface area contributed by atoms with Crippen LogP contribution in [0, 0.1) is 0 Å². The fourth-order valence-corrected chi connectivity index (χ4v) is 2.98. The first kappa shape index (κ1) is 19.6. The highest BCUT2D eigenvalue weighted by atomic mass is 16.3. The van der Waals surface area contributed by atoms with Crippen molar-refractivity contribution < 1.29 is 29.1 Å². The Hall–Kier alpha value is -4.16. The number of fused-ring (bicyclic) bond motifs is 1. The number of aliphatic hydroxyl groups is 1. The van der Waals surface area contributed by atoms with Gasteiger partial charge < -0.3 is 10.6 Å². The van der Waals surface area contributed by atoms with Crippen LogP contribution in [0.5, 0.6) is 0 Å². The smallest absolute Gasteiger partial charge is 0.406 e. The van der Waals surface area contributed by atoms with E-state index >= 15 is 0 Å². The molecule has 0 unspecified atom stereocenters. The maximum atomic E-state index is 12.7. The number of nitrogens with zero attached hydrogens (tertiary/aromatic N) is 3. The molecular formula is C21H15N3O5. The minimum atomic E-state index is -1.38. The molecular weight excluding hydrogens is 374 g/mol. The third kappa shape index (κ3) is 3.52. The van der Waals surface area contributed by atoms with Crippen LogP contribution in [0.3, 0.4) is 0 Å². The van der Waals surface area contributed by atoms with Crippen LogP contribution in [0.25, 0.3) is 11.3 Å². The number of amides is 2. The maximum Gasteiger partial charge on any atom is 0.406 e. The summed E-state index contributed by atoms with van der Waals surface area (Å²) in [6.45, 7) is 1.25. The van der Waals surface area contributed by atoms with E-state index in [0.29, 0.717) is 10.5 Å². The highest BCUT2D eigenvalue weighted by molar-refractivity contribution is 6.67. The summed E-state index contributed by atoms with van der Waals surface area (Å²) < 4.78 is 0. The molecule has 1 N–H and O–H groups in total. The molecule has 29 heavy (non-hydrogen) atoms. The van der Waals surface area contributed by atoms with Crippen LogP contribution in [0.4, 0.5) is 0 Å². The zero-order valence-corrected chi connectivity index (χ0v) is 15.3. The van der Waals surface area contributed by atoms with E-state index in [1.165, 1.54) is 31.2 Å². The van der Waals surface area contributed by atoms with E-state index in [1.807, 2.05) is 0 Å². The second-order valence-corrected chi connectivity index (χ2v) is 6.27. The summed E-state index contributed by atoms with van der Waals surface area (Å²) in [6, 6.07) is 12.8. The van der Waals surface area contributed by atoms with Gasteiger partial charge in [-0.1, -0.05) is 42.5 Å². The molecule has 1 aliphatic rings. The molecule has 0 aromatic heterocycles. The van der Waals surface area contributed by atoms with Crippen LogP contribution in [0.2, 0.25) is 0 Å². The van der Waals surface area contributed by atoms with Gasteiger partial charge in [-0.3, -0.25) is 24.1 Å². The minimum Gasteiger partial charge on any atom is -0.507 e. The number of carbonyl (C=O) groups is 4. The Bertz CT molecular complexity index is 1080. The lowest BCUT2D eigenvalue weighted by Gasteiger charge is -2.19. The van der Waals surface area contributed by atoms with Crippen LogP contribution in [-0.4, -0.2) is 49.9 Å². The first-order valence-electron chi connectivity index (χ1n) is 8.60. The highest BCUT2D eigenvalue weighted by Crippen LogP contribution is 2.24. The van der Waals surface area contributed by atoms with Gasteiger partial charge in [-0.15, -0.1) is 0 Å². The van der Waals surface area contributed by atoms with Crippen molar-refractivity contribution in [2.75, 3.05) is 0 Å². The van der Waals surface area contributed by atoms with Crippen molar-refractivity contribution in [3.63, 3.8) is 0 Å². The molecule has 0 fully saturated rings. The van der Waals surface area contributed by atoms with Crippen LogP contribution >= 0.6 is 0 Å². The average Bonchev–Trinajstić information content (AvgIpc) is 2.99. The number of benzene rings is 2. The van der Waals surface area contributed by atoms with Crippen LogP contribution in [-0.2, 0) is 9.59 Å². The molecule has 144 valence electrons. The van der Waals surface area contributed by atoms with Crippen LogP contribution < -0.4 is 0 Å². The van der Waals surface area contributed by atoms with Gasteiger partial charge in [-0.05, 0) is 19.1 Å². The lowest BCUT2D eigenvalue weighted by molar-refractivity contribution is -0.124. The van der Waals surface area contributed by atoms with Crippen molar-refractivity contribution >= 4 is 34.9 Å². The van der Waals surface area contributed by atoms with Crippen LogP contribution in [0.1, 0.15) is 33.2 Å². The molecule has 1 aliphatic heterocycles. The van der Waals surface area contributed by atoms with Gasteiger partial charge in [0.1, 0.15) is 11.8 Å². The van der Waals surface area contributed by atoms with E-state index in [1.54, 1.807) is 30.3 Å². The average molecular weight is 389 g/mol. The molecule has 0 saturated heterocycles. The standard InChI is InChI=1S/C21H15N3O5/c1-12(24-20(28)14-9-5-6-10-15(14)21(24)29)19(27)18(23-22)17(26)11-16(25)13-7-3-2-4-8-13/h2-12,25H,1H3/b16-11-/t12-/m1/s1. The minimum absolute atomic E-state index is 0.146. The Kier molecular flexibility index (Phi) is 5.29. The quantitative estimate of drug-likeness (QED) is 0.154. The summed E-state index contributed by atoms with van der Waals surface area (Å²) in [4.78, 5) is 53.5. The highest BCUT2D eigenvalue weighted by Gasteiger charge is 2.44. The molecule has 2 aromatic carbocycles. The Morgan fingerprint density at radius 1 is 1.00 bits per heavy atom. The fraction of sp³-hybridized carbons (Fsp3) is 0.0952. The number of carbonyl (C=O) groups excluding carboxylic acids is 4. The van der Waals surface area contributed by atoms with Gasteiger partial charge >= 0.3 is 5.71 Å². The molecule has 1 atom stereocenters. The number of Topliss-reactive ketones (excluding diaryl/α,β-unsaturated/α-hetero) is 1. The summed E-state index contributed by atoms with van der Waals surface area (Å²) in [7, 11) is 0. The molecule has 0 bridgehead atoms. The summed E-state index contributed by atoms with van der Waals surface area (Å²) in [6.07, 6.45) is 0.734. The summed E-state index contributed by atoms with van der Waals surface area (Å²) >= 11 is 0. The SMILES string of the molecule is C[C@H](C(=O)C(=[N+]=[N-])C(=O)/C=C(\O)c1ccccc1)N1C(=O)c2ccccc2C1=O. The summed E-state index contributed by atoms with van der Waals surface area (Å²) in [5, 5.41) is 10.0. The number of hydrogen-bond donors (Lipinski definition) is 1. The Morgan fingerprint density at radius 2 is 1.52 bits per heavy atom. The first-order valence-corrected chi connectivity index (χ1v) is 8.60. The largest absolute Gasteiger partial charge is 0.507 e. The number of ketones is 2. The maximum absolute atomic E-state index is 12.7. The normalized spacial score (nSPS) is 14.2. The molecule has 3 rings (SSSR count). The van der Waals surface area contributed by atoms with Crippen molar-refractivity contribution in [3.8, 4) is 0 Å². The van der Waals surface area contributed by atoms with Gasteiger partial charge in [-0.2, -0.15) is 4.79 Å². The number of imide groups is 1. The van der Waals surface area contributed by atoms with E-state index < -0.39 is 40.9 Å². The van der Waals surface area contributed by atoms with Gasteiger partial charge in [0.15, 0.2) is 0 Å². The predicted molar refractivity (Wildman–Crippen MR) is 102 cm³/mol. The lowest BCUT2D eigenvalue weighted by Crippen LogP contribution is -2.47. The zero-order valence-electron chi connectivity index (χ0n) is 15.3. The monoisotopic (exact) mass is 389 g/mol. The zero-order chi connectivity index (χ0) is 21.1. The number of allylic oxidation sites excluding steroid dienone is 1. The third-order valence-electron chi connectivity index (χ3n) is 4.50. The lowest BCUT2D eigenvalue weighted by atomic mass is 10.0. The number of rotatable bonds is 6. The first-order chi connectivity index (χ1) is 13.9. The van der Waals surface area contributed by atoms with Crippen molar-refractivity contribution in [1.82, 2.24) is 4.90 Å².